The Bertz CT molecular complexity index is 3390. The second-order valence-corrected chi connectivity index (χ2v) is 16.8. The largest absolute Gasteiger partial charge is 0.254 e. The van der Waals surface area contributed by atoms with E-state index in [-0.39, 0.29) is 0 Å². The first-order valence-corrected chi connectivity index (χ1v) is 20.4. The maximum atomic E-state index is 5.43. The molecule has 0 saturated carbocycles. The SMILES string of the molecule is Bc1c(B)c(B)c2c(c1B)c1c(B)c(B)c(B)c(B)c1c1c(B)c(-c3c4ccccc4c(-c4ccc5ccc6cccnc6c5n4)c4ccccc34)c(B)c(B)c21. The summed E-state index contributed by atoms with van der Waals surface area (Å²) in [4.78, 5) is 10.2. The molecule has 0 atom stereocenters. The third-order valence-corrected chi connectivity index (χ3v) is 14.3. The highest BCUT2D eigenvalue weighted by Crippen LogP contribution is 2.43. The molecule has 57 heavy (non-hydrogen) atoms. The summed E-state index contributed by atoms with van der Waals surface area (Å²) in [5.41, 5.74) is 21.9. The molecule has 10 rings (SSSR count). The van der Waals surface area contributed by atoms with Crippen LogP contribution in [0.3, 0.4) is 0 Å². The van der Waals surface area contributed by atoms with Gasteiger partial charge < -0.3 is 0 Å². The highest BCUT2D eigenvalue weighted by atomic mass is 14.8. The Morgan fingerprint density at radius 1 is 0.298 bits per heavy atom. The van der Waals surface area contributed by atoms with E-state index in [9.17, 15) is 0 Å². The van der Waals surface area contributed by atoms with Crippen molar-refractivity contribution < 1.29 is 0 Å². The lowest BCUT2D eigenvalue weighted by molar-refractivity contribution is 1.38. The van der Waals surface area contributed by atoms with Crippen molar-refractivity contribution in [3.05, 3.63) is 91.1 Å². The first-order chi connectivity index (χ1) is 27.4. The van der Waals surface area contributed by atoms with Crippen molar-refractivity contribution >= 4 is 222 Å². The van der Waals surface area contributed by atoms with Gasteiger partial charge in [-0.2, -0.15) is 0 Å². The quantitative estimate of drug-likeness (QED) is 0.101. The molecule has 0 amide bonds. The van der Waals surface area contributed by atoms with Gasteiger partial charge in [0.15, 0.2) is 0 Å². The van der Waals surface area contributed by atoms with Gasteiger partial charge in [0, 0.05) is 22.5 Å². The van der Waals surface area contributed by atoms with E-state index < -0.39 is 0 Å². The minimum Gasteiger partial charge on any atom is -0.254 e. The second-order valence-electron chi connectivity index (χ2n) is 16.8. The fourth-order valence-corrected chi connectivity index (χ4v) is 10.6. The topological polar surface area (TPSA) is 25.8 Å². The molecule has 0 radical (unpaired) electrons. The van der Waals surface area contributed by atoms with Gasteiger partial charge in [-0.05, 0) is 77.1 Å². The molecule has 0 N–H and O–H groups in total. The third kappa shape index (κ3) is 4.81. The van der Waals surface area contributed by atoms with E-state index in [2.05, 4.69) is 165 Å². The summed E-state index contributed by atoms with van der Waals surface area (Å²) in [6.07, 6.45) is 1.87. The number of rotatable bonds is 2. The first kappa shape index (κ1) is 36.0. The summed E-state index contributed by atoms with van der Waals surface area (Å²) in [6, 6.07) is 30.8. The number of pyridine rings is 2. The van der Waals surface area contributed by atoms with E-state index in [1.165, 1.54) is 131 Å². The van der Waals surface area contributed by atoms with Gasteiger partial charge in [-0.1, -0.05) is 111 Å². The van der Waals surface area contributed by atoms with Crippen molar-refractivity contribution in [1.29, 1.82) is 0 Å². The van der Waals surface area contributed by atoms with Crippen LogP contribution in [0.25, 0.3) is 98.1 Å². The first-order valence-electron chi connectivity index (χ1n) is 20.4. The minimum absolute atomic E-state index is 0.936. The van der Waals surface area contributed by atoms with Crippen LogP contribution in [0.5, 0.6) is 0 Å². The zero-order valence-corrected chi connectivity index (χ0v) is 35.1. The molecule has 10 aromatic rings. The van der Waals surface area contributed by atoms with Crippen molar-refractivity contribution in [1.82, 2.24) is 9.97 Å². The second kappa shape index (κ2) is 12.8. The van der Waals surface area contributed by atoms with Crippen molar-refractivity contribution in [2.75, 3.05) is 0 Å². The summed E-state index contributed by atoms with van der Waals surface area (Å²) in [7, 11) is 25.9. The van der Waals surface area contributed by atoms with Crippen LogP contribution >= 0.6 is 0 Å². The summed E-state index contributed by atoms with van der Waals surface area (Å²) in [5.74, 6) is 0. The van der Waals surface area contributed by atoms with Gasteiger partial charge in [0.25, 0.3) is 0 Å². The molecular formula is C44H37B11N2. The molecule has 2 nitrogen and oxygen atoms in total. The standard InChI is InChI=1S/C44H37B11N2/c45-32-25-26(28-30(37(50)42(55)40(53)35(28)48)29-27(25)34(47)39(52)41(54)36(29)49)33(46)38(51)31(32)24-20-9-3-1-7-18(20)23(19-8-2-4-10-21(19)24)22-14-13-17-12-11-16-6-5-15-56-43(16)44(17)57-22/h1-15H,45-55H2. The molecule has 8 aromatic carbocycles. The van der Waals surface area contributed by atoms with Gasteiger partial charge in [0.05, 0.1) is 16.7 Å². The van der Waals surface area contributed by atoms with Crippen LogP contribution in [-0.2, 0) is 0 Å². The Morgan fingerprint density at radius 2 is 0.684 bits per heavy atom. The van der Waals surface area contributed by atoms with E-state index in [1.807, 2.05) is 12.3 Å². The van der Waals surface area contributed by atoms with Gasteiger partial charge >= 0.3 is 0 Å². The normalized spacial score (nSPS) is 11.9. The van der Waals surface area contributed by atoms with Gasteiger partial charge in [0.2, 0.25) is 0 Å². The number of benzene rings is 8. The van der Waals surface area contributed by atoms with Crippen LogP contribution in [0, 0.1) is 0 Å². The number of fused-ring (bicyclic) bond motifs is 11. The van der Waals surface area contributed by atoms with E-state index >= 15 is 0 Å². The summed E-state index contributed by atoms with van der Waals surface area (Å²) in [5, 5.41) is 15.6. The van der Waals surface area contributed by atoms with Crippen LogP contribution in [0.15, 0.2) is 91.1 Å². The smallest absolute Gasteiger partial charge is 0.140 e. The molecule has 0 aliphatic heterocycles. The molecule has 13 heteroatoms. The highest BCUT2D eigenvalue weighted by Gasteiger charge is 2.26. The molecule has 0 unspecified atom stereocenters. The van der Waals surface area contributed by atoms with Gasteiger partial charge in [0.1, 0.15) is 86.3 Å². The number of aromatic nitrogens is 2. The zero-order valence-electron chi connectivity index (χ0n) is 35.1. The monoisotopic (exact) mass is 714 g/mol. The Hall–Kier alpha value is -5.41. The summed E-state index contributed by atoms with van der Waals surface area (Å²) >= 11 is 0. The third-order valence-electron chi connectivity index (χ3n) is 14.3. The zero-order chi connectivity index (χ0) is 39.8. The van der Waals surface area contributed by atoms with Crippen LogP contribution in [0.1, 0.15) is 0 Å². The van der Waals surface area contributed by atoms with Gasteiger partial charge in [-0.3, -0.25) is 4.98 Å². The predicted molar refractivity (Wildman–Crippen MR) is 285 cm³/mol. The number of nitrogens with zero attached hydrogens (tertiary/aromatic N) is 2. The van der Waals surface area contributed by atoms with Crippen molar-refractivity contribution in [3.63, 3.8) is 0 Å². The van der Waals surface area contributed by atoms with Gasteiger partial charge in [-0.25, -0.2) is 4.98 Å². The van der Waals surface area contributed by atoms with Crippen LogP contribution in [0.2, 0.25) is 0 Å². The van der Waals surface area contributed by atoms with E-state index in [4.69, 9.17) is 9.97 Å². The average molecular weight is 713 g/mol. The molecular weight excluding hydrogens is 675 g/mol. The molecule has 0 spiro atoms. The van der Waals surface area contributed by atoms with E-state index in [1.54, 1.807) is 0 Å². The number of hydrogen-bond acceptors (Lipinski definition) is 2. The molecule has 0 fully saturated rings. The fraction of sp³-hybridized carbons (Fsp3) is 0. The highest BCUT2D eigenvalue weighted by molar-refractivity contribution is 6.75. The van der Waals surface area contributed by atoms with Crippen LogP contribution < -0.4 is 60.1 Å². The number of hydrogen-bond donors (Lipinski definition) is 0. The molecule has 0 aliphatic rings. The van der Waals surface area contributed by atoms with Crippen LogP contribution in [-0.4, -0.2) is 96.3 Å². The summed E-state index contributed by atoms with van der Waals surface area (Å²) in [6.45, 7) is 0. The van der Waals surface area contributed by atoms with E-state index in [0.29, 0.717) is 0 Å². The van der Waals surface area contributed by atoms with Crippen molar-refractivity contribution in [3.8, 4) is 22.4 Å². The molecule has 256 valence electrons. The fourth-order valence-electron chi connectivity index (χ4n) is 10.6. The maximum Gasteiger partial charge on any atom is 0.140 e. The summed E-state index contributed by atoms with van der Waals surface area (Å²) < 4.78 is 0. The molecule has 2 aromatic heterocycles. The lowest BCUT2D eigenvalue weighted by Gasteiger charge is -2.29. The lowest BCUT2D eigenvalue weighted by atomic mass is 9.58. The Morgan fingerprint density at radius 3 is 1.16 bits per heavy atom. The Kier molecular flexibility index (Phi) is 8.08. The van der Waals surface area contributed by atoms with Crippen molar-refractivity contribution in [2.45, 2.75) is 0 Å². The maximum absolute atomic E-state index is 5.43. The molecule has 0 bridgehead atoms. The van der Waals surface area contributed by atoms with E-state index in [0.717, 1.165) is 27.5 Å². The molecule has 0 aliphatic carbocycles. The van der Waals surface area contributed by atoms with Crippen LogP contribution in [0.4, 0.5) is 0 Å². The molecule has 0 saturated heterocycles. The van der Waals surface area contributed by atoms with Crippen molar-refractivity contribution in [2.24, 2.45) is 0 Å². The predicted octanol–water partition coefficient (Wildman–Crippen LogP) is -7.27. The Labute approximate surface area is 343 Å². The minimum atomic E-state index is 0.936. The lowest BCUT2D eigenvalue weighted by Crippen LogP contribution is -2.51. The Balaban J connectivity index is 1.41. The average Bonchev–Trinajstić information content (AvgIpc) is 3.23. The molecule has 2 heterocycles. The van der Waals surface area contributed by atoms with Gasteiger partial charge in [-0.15, -0.1) is 21.9 Å².